The zero-order valence-corrected chi connectivity index (χ0v) is 12.7. The van der Waals surface area contributed by atoms with Crippen molar-refractivity contribution in [3.05, 3.63) is 23.8 Å². The van der Waals surface area contributed by atoms with Crippen molar-refractivity contribution in [1.29, 1.82) is 0 Å². The third-order valence-corrected chi connectivity index (χ3v) is 3.19. The van der Waals surface area contributed by atoms with E-state index < -0.39 is 0 Å². The zero-order valence-electron chi connectivity index (χ0n) is 12.7. The number of anilines is 2. The molecule has 0 aliphatic carbocycles. The first kappa shape index (κ1) is 16.3. The summed E-state index contributed by atoms with van der Waals surface area (Å²) in [6, 6.07) is 5.46. The molecule has 0 spiro atoms. The average molecular weight is 279 g/mol. The molecule has 0 aliphatic rings. The van der Waals surface area contributed by atoms with Gasteiger partial charge in [0.15, 0.2) is 0 Å². The number of amides is 1. The van der Waals surface area contributed by atoms with E-state index in [2.05, 4.69) is 24.5 Å². The third-order valence-electron chi connectivity index (χ3n) is 3.19. The summed E-state index contributed by atoms with van der Waals surface area (Å²) in [7, 11) is 1.60. The van der Waals surface area contributed by atoms with Crippen LogP contribution in [-0.2, 0) is 4.74 Å². The molecule has 0 bridgehead atoms. The number of ether oxygens (including phenoxy) is 1. The molecule has 5 nitrogen and oxygen atoms in total. The van der Waals surface area contributed by atoms with Crippen molar-refractivity contribution < 1.29 is 9.53 Å². The Bertz CT molecular complexity index is 447. The number of nitrogens with two attached hydrogens (primary N) is 1. The number of carbonyl (C=O) groups excluding carboxylic acids is 1. The molecule has 0 radical (unpaired) electrons. The first-order valence-corrected chi connectivity index (χ1v) is 6.95. The van der Waals surface area contributed by atoms with Crippen LogP contribution < -0.4 is 16.4 Å². The topological polar surface area (TPSA) is 76.4 Å². The largest absolute Gasteiger partial charge is 0.397 e. The molecule has 112 valence electrons. The second kappa shape index (κ2) is 7.75. The first-order chi connectivity index (χ1) is 9.49. The molecule has 0 heterocycles. The van der Waals surface area contributed by atoms with Crippen molar-refractivity contribution in [3.8, 4) is 0 Å². The molecule has 1 unspecified atom stereocenters. The summed E-state index contributed by atoms with van der Waals surface area (Å²) < 4.78 is 5.48. The second-order valence-electron chi connectivity index (χ2n) is 5.04. The molecular formula is C15H25N3O2. The summed E-state index contributed by atoms with van der Waals surface area (Å²) in [5.41, 5.74) is 7.96. The highest BCUT2D eigenvalue weighted by molar-refractivity contribution is 5.95. The van der Waals surface area contributed by atoms with Gasteiger partial charge in [0.25, 0.3) is 5.91 Å². The minimum absolute atomic E-state index is 0.141. The lowest BCUT2D eigenvalue weighted by Gasteiger charge is -2.24. The molecule has 0 saturated heterocycles. The van der Waals surface area contributed by atoms with Gasteiger partial charge >= 0.3 is 0 Å². The molecule has 0 fully saturated rings. The third kappa shape index (κ3) is 4.42. The lowest BCUT2D eigenvalue weighted by atomic mass is 10.0. The molecular weight excluding hydrogens is 254 g/mol. The number of benzene rings is 1. The summed E-state index contributed by atoms with van der Waals surface area (Å²) >= 11 is 0. The highest BCUT2D eigenvalue weighted by Gasteiger charge is 2.15. The van der Waals surface area contributed by atoms with Crippen LogP contribution in [0.1, 0.15) is 31.1 Å². The molecule has 1 atom stereocenters. The van der Waals surface area contributed by atoms with Gasteiger partial charge in [-0.05, 0) is 31.0 Å². The molecule has 4 N–H and O–H groups in total. The van der Waals surface area contributed by atoms with Crippen LogP contribution in [0.25, 0.3) is 0 Å². The van der Waals surface area contributed by atoms with Crippen LogP contribution in [-0.4, -0.2) is 32.2 Å². The number of hydrogen-bond acceptors (Lipinski definition) is 4. The number of nitrogens with one attached hydrogen (secondary N) is 2. The zero-order chi connectivity index (χ0) is 15.1. The van der Waals surface area contributed by atoms with Gasteiger partial charge in [0.05, 0.1) is 24.0 Å². The van der Waals surface area contributed by atoms with Crippen LogP contribution in [0.3, 0.4) is 0 Å². The Kier molecular flexibility index (Phi) is 6.31. The van der Waals surface area contributed by atoms with Crippen LogP contribution in [0.4, 0.5) is 11.4 Å². The van der Waals surface area contributed by atoms with Crippen LogP contribution in [0.2, 0.25) is 0 Å². The average Bonchev–Trinajstić information content (AvgIpc) is 2.43. The summed E-state index contributed by atoms with van der Waals surface area (Å²) in [4.78, 5) is 11.5. The fourth-order valence-corrected chi connectivity index (χ4v) is 1.83. The summed E-state index contributed by atoms with van der Waals surface area (Å²) in [5, 5.41) is 5.96. The van der Waals surface area contributed by atoms with E-state index in [1.165, 1.54) is 0 Å². The summed E-state index contributed by atoms with van der Waals surface area (Å²) in [5.74, 6) is 0.276. The minimum atomic E-state index is -0.141. The number of carbonyl (C=O) groups is 1. The van der Waals surface area contributed by atoms with Crippen molar-refractivity contribution in [2.24, 2.45) is 5.92 Å². The molecule has 0 aliphatic heterocycles. The van der Waals surface area contributed by atoms with E-state index in [9.17, 15) is 4.79 Å². The van der Waals surface area contributed by atoms with E-state index in [1.54, 1.807) is 19.2 Å². The maximum absolute atomic E-state index is 11.5. The van der Waals surface area contributed by atoms with E-state index in [1.807, 2.05) is 13.0 Å². The Morgan fingerprint density at radius 3 is 2.60 bits per heavy atom. The predicted molar refractivity (Wildman–Crippen MR) is 83.0 cm³/mol. The van der Waals surface area contributed by atoms with E-state index in [4.69, 9.17) is 10.5 Å². The van der Waals surface area contributed by atoms with Gasteiger partial charge in [-0.15, -0.1) is 0 Å². The fraction of sp³-hybridized carbons (Fsp3) is 0.533. The molecule has 20 heavy (non-hydrogen) atoms. The van der Waals surface area contributed by atoms with Gasteiger partial charge in [-0.1, -0.05) is 13.8 Å². The Balaban J connectivity index is 2.82. The maximum Gasteiger partial charge on any atom is 0.251 e. The van der Waals surface area contributed by atoms with Gasteiger partial charge < -0.3 is 21.1 Å². The van der Waals surface area contributed by atoms with E-state index in [-0.39, 0.29) is 11.9 Å². The highest BCUT2D eigenvalue weighted by atomic mass is 16.5. The summed E-state index contributed by atoms with van der Waals surface area (Å²) in [6.07, 6.45) is 0. The van der Waals surface area contributed by atoms with Crippen LogP contribution in [0.15, 0.2) is 18.2 Å². The quantitative estimate of drug-likeness (QED) is 0.668. The Labute approximate surface area is 120 Å². The smallest absolute Gasteiger partial charge is 0.251 e. The van der Waals surface area contributed by atoms with Crippen LogP contribution in [0.5, 0.6) is 0 Å². The van der Waals surface area contributed by atoms with Crippen LogP contribution in [0, 0.1) is 5.92 Å². The van der Waals surface area contributed by atoms with Crippen molar-refractivity contribution in [1.82, 2.24) is 5.32 Å². The second-order valence-corrected chi connectivity index (χ2v) is 5.04. The first-order valence-electron chi connectivity index (χ1n) is 6.95. The standard InChI is InChI=1S/C15H25N3O2/c1-5-20-9-14(10(2)3)18-13-7-6-11(8-12(13)16)15(19)17-4/h6-8,10,14,18H,5,9,16H2,1-4H3,(H,17,19). The molecule has 1 amide bonds. The number of nitrogen functional groups attached to an aromatic ring is 1. The van der Waals surface area contributed by atoms with Crippen molar-refractivity contribution in [2.45, 2.75) is 26.8 Å². The van der Waals surface area contributed by atoms with Gasteiger partial charge in [0.2, 0.25) is 0 Å². The maximum atomic E-state index is 11.5. The lowest BCUT2D eigenvalue weighted by molar-refractivity contribution is 0.0963. The van der Waals surface area contributed by atoms with Gasteiger partial charge in [-0.2, -0.15) is 0 Å². The Morgan fingerprint density at radius 1 is 1.40 bits per heavy atom. The Morgan fingerprint density at radius 2 is 2.10 bits per heavy atom. The molecule has 0 aromatic heterocycles. The monoisotopic (exact) mass is 279 g/mol. The normalized spacial score (nSPS) is 12.2. The van der Waals surface area contributed by atoms with Crippen molar-refractivity contribution in [2.75, 3.05) is 31.3 Å². The van der Waals surface area contributed by atoms with Gasteiger partial charge in [-0.3, -0.25) is 4.79 Å². The van der Waals surface area contributed by atoms with E-state index in [0.717, 1.165) is 5.69 Å². The number of rotatable bonds is 7. The fourth-order valence-electron chi connectivity index (χ4n) is 1.83. The molecule has 1 rings (SSSR count). The summed E-state index contributed by atoms with van der Waals surface area (Å²) in [6.45, 7) is 7.56. The van der Waals surface area contributed by atoms with Crippen LogP contribution >= 0.6 is 0 Å². The van der Waals surface area contributed by atoms with Gasteiger partial charge in [0, 0.05) is 19.2 Å². The van der Waals surface area contributed by atoms with Gasteiger partial charge in [-0.25, -0.2) is 0 Å². The van der Waals surface area contributed by atoms with E-state index in [0.29, 0.717) is 30.4 Å². The Hall–Kier alpha value is -1.75. The molecule has 5 heteroatoms. The molecule has 1 aromatic carbocycles. The van der Waals surface area contributed by atoms with Gasteiger partial charge in [0.1, 0.15) is 0 Å². The van der Waals surface area contributed by atoms with Crippen molar-refractivity contribution >= 4 is 17.3 Å². The molecule has 0 saturated carbocycles. The molecule has 1 aromatic rings. The predicted octanol–water partition coefficient (Wildman–Crippen LogP) is 2.10. The SMILES string of the molecule is CCOCC(Nc1ccc(C(=O)NC)cc1N)C(C)C. The van der Waals surface area contributed by atoms with E-state index >= 15 is 0 Å². The minimum Gasteiger partial charge on any atom is -0.397 e. The van der Waals surface area contributed by atoms with Crippen molar-refractivity contribution in [3.63, 3.8) is 0 Å². The lowest BCUT2D eigenvalue weighted by Crippen LogP contribution is -2.31. The number of hydrogen-bond donors (Lipinski definition) is 3. The highest BCUT2D eigenvalue weighted by Crippen LogP contribution is 2.22.